The van der Waals surface area contributed by atoms with Crippen LogP contribution in [0.5, 0.6) is 5.75 Å². The highest BCUT2D eigenvalue weighted by atomic mass is 16.5. The van der Waals surface area contributed by atoms with Gasteiger partial charge in [0.05, 0.1) is 23.7 Å². The molecular weight excluding hydrogens is 268 g/mol. The zero-order chi connectivity index (χ0) is 15.0. The molecule has 0 fully saturated rings. The summed E-state index contributed by atoms with van der Waals surface area (Å²) in [6.07, 6.45) is 0. The number of aromatic amines is 1. The van der Waals surface area contributed by atoms with Crippen molar-refractivity contribution in [3.8, 4) is 11.4 Å². The van der Waals surface area contributed by atoms with E-state index in [1.54, 1.807) is 43.5 Å². The summed E-state index contributed by atoms with van der Waals surface area (Å²) >= 11 is 0. The van der Waals surface area contributed by atoms with Crippen molar-refractivity contribution in [2.24, 2.45) is 0 Å². The molecule has 3 rings (SSSR count). The fourth-order valence-electron chi connectivity index (χ4n) is 2.29. The molecule has 0 amide bonds. The van der Waals surface area contributed by atoms with Gasteiger partial charge in [-0.1, -0.05) is 11.6 Å². The summed E-state index contributed by atoms with van der Waals surface area (Å²) in [5.41, 5.74) is 1.22. The largest absolute Gasteiger partial charge is 0.497 e. The van der Waals surface area contributed by atoms with E-state index in [2.05, 4.69) is 4.98 Å². The van der Waals surface area contributed by atoms with E-state index < -0.39 is 5.69 Å². The second-order valence-electron chi connectivity index (χ2n) is 4.82. The van der Waals surface area contributed by atoms with Crippen LogP contribution in [0.1, 0.15) is 5.56 Å². The summed E-state index contributed by atoms with van der Waals surface area (Å²) in [5, 5.41) is 0.491. The molecule has 106 valence electrons. The Hall–Kier alpha value is -2.82. The van der Waals surface area contributed by atoms with Crippen molar-refractivity contribution in [2.45, 2.75) is 6.92 Å². The van der Waals surface area contributed by atoms with Crippen molar-refractivity contribution in [1.82, 2.24) is 9.55 Å². The molecule has 5 nitrogen and oxygen atoms in total. The van der Waals surface area contributed by atoms with Crippen LogP contribution < -0.4 is 16.0 Å². The molecule has 3 aromatic rings. The van der Waals surface area contributed by atoms with Crippen LogP contribution in [-0.4, -0.2) is 16.7 Å². The van der Waals surface area contributed by atoms with Crippen LogP contribution in [0.15, 0.2) is 52.1 Å². The molecule has 0 unspecified atom stereocenters. The lowest BCUT2D eigenvalue weighted by Crippen LogP contribution is -2.33. The van der Waals surface area contributed by atoms with Gasteiger partial charge >= 0.3 is 5.69 Å². The van der Waals surface area contributed by atoms with E-state index in [0.29, 0.717) is 22.3 Å². The van der Waals surface area contributed by atoms with E-state index in [4.69, 9.17) is 4.74 Å². The Morgan fingerprint density at radius 1 is 1.05 bits per heavy atom. The number of nitrogens with zero attached hydrogens (tertiary/aromatic N) is 1. The summed E-state index contributed by atoms with van der Waals surface area (Å²) in [7, 11) is 1.56. The lowest BCUT2D eigenvalue weighted by Gasteiger charge is -2.07. The molecule has 0 aliphatic heterocycles. The van der Waals surface area contributed by atoms with Crippen LogP contribution in [0.25, 0.3) is 16.6 Å². The average Bonchev–Trinajstić information content (AvgIpc) is 2.49. The summed E-state index contributed by atoms with van der Waals surface area (Å²) in [4.78, 5) is 27.5. The number of hydrogen-bond acceptors (Lipinski definition) is 3. The van der Waals surface area contributed by atoms with Crippen molar-refractivity contribution in [3.63, 3.8) is 0 Å². The lowest BCUT2D eigenvalue weighted by atomic mass is 10.1. The molecule has 0 radical (unpaired) electrons. The van der Waals surface area contributed by atoms with E-state index in [9.17, 15) is 9.59 Å². The van der Waals surface area contributed by atoms with Gasteiger partial charge in [0.1, 0.15) is 5.75 Å². The molecule has 0 saturated carbocycles. The number of rotatable bonds is 2. The molecule has 0 saturated heterocycles. The van der Waals surface area contributed by atoms with E-state index >= 15 is 0 Å². The van der Waals surface area contributed by atoms with Crippen molar-refractivity contribution in [1.29, 1.82) is 0 Å². The van der Waals surface area contributed by atoms with Crippen molar-refractivity contribution < 1.29 is 4.74 Å². The normalized spacial score (nSPS) is 10.8. The molecule has 0 aliphatic rings. The standard InChI is InChI=1S/C16H14N2O3/c1-10-3-8-14-13(9-10)15(19)18(16(20)17-14)11-4-6-12(21-2)7-5-11/h3-9H,1-2H3,(H,17,20). The molecule has 5 heteroatoms. The maximum absolute atomic E-state index is 12.6. The fourth-order valence-corrected chi connectivity index (χ4v) is 2.29. The highest BCUT2D eigenvalue weighted by Gasteiger charge is 2.09. The molecule has 0 aliphatic carbocycles. The number of nitrogens with one attached hydrogen (secondary N) is 1. The van der Waals surface area contributed by atoms with E-state index in [1.165, 1.54) is 0 Å². The highest BCUT2D eigenvalue weighted by molar-refractivity contribution is 5.78. The topological polar surface area (TPSA) is 64.1 Å². The summed E-state index contributed by atoms with van der Waals surface area (Å²) in [6, 6.07) is 12.1. The van der Waals surface area contributed by atoms with Crippen LogP contribution in [0.4, 0.5) is 0 Å². The van der Waals surface area contributed by atoms with Gasteiger partial charge in [0, 0.05) is 0 Å². The number of ether oxygens (including phenoxy) is 1. The molecule has 0 spiro atoms. The average molecular weight is 282 g/mol. The molecular formula is C16H14N2O3. The van der Waals surface area contributed by atoms with Crippen molar-refractivity contribution >= 4 is 10.9 Å². The van der Waals surface area contributed by atoms with Gasteiger partial charge in [-0.05, 0) is 43.3 Å². The molecule has 21 heavy (non-hydrogen) atoms. The highest BCUT2D eigenvalue weighted by Crippen LogP contribution is 2.14. The van der Waals surface area contributed by atoms with E-state index in [1.807, 2.05) is 13.0 Å². The van der Waals surface area contributed by atoms with Gasteiger partial charge in [0.2, 0.25) is 0 Å². The molecule has 0 atom stereocenters. The van der Waals surface area contributed by atoms with Crippen LogP contribution >= 0.6 is 0 Å². The van der Waals surface area contributed by atoms with Gasteiger partial charge in [-0.3, -0.25) is 4.79 Å². The Labute approximate surface area is 120 Å². The SMILES string of the molecule is COc1ccc(-n2c(=O)[nH]c3ccc(C)cc3c2=O)cc1. The predicted molar refractivity (Wildman–Crippen MR) is 81.5 cm³/mol. The first-order valence-electron chi connectivity index (χ1n) is 6.50. The second-order valence-corrected chi connectivity index (χ2v) is 4.82. The molecule has 2 aromatic carbocycles. The zero-order valence-electron chi connectivity index (χ0n) is 11.7. The Morgan fingerprint density at radius 3 is 2.43 bits per heavy atom. The van der Waals surface area contributed by atoms with Gasteiger partial charge < -0.3 is 9.72 Å². The van der Waals surface area contributed by atoms with Gasteiger partial charge in [-0.25, -0.2) is 9.36 Å². The van der Waals surface area contributed by atoms with Gasteiger partial charge in [0.25, 0.3) is 5.56 Å². The third kappa shape index (κ3) is 2.23. The van der Waals surface area contributed by atoms with Gasteiger partial charge in [0.15, 0.2) is 0 Å². The Kier molecular flexibility index (Phi) is 3.10. The minimum atomic E-state index is -0.457. The predicted octanol–water partition coefficient (Wildman–Crippen LogP) is 2.00. The Morgan fingerprint density at radius 2 is 1.76 bits per heavy atom. The van der Waals surface area contributed by atoms with E-state index in [0.717, 1.165) is 10.1 Å². The number of aromatic nitrogens is 2. The first-order chi connectivity index (χ1) is 10.1. The van der Waals surface area contributed by atoms with Gasteiger partial charge in [-0.2, -0.15) is 0 Å². The van der Waals surface area contributed by atoms with Crippen LogP contribution in [-0.2, 0) is 0 Å². The number of aryl methyl sites for hydroxylation is 1. The number of methoxy groups -OCH3 is 1. The monoisotopic (exact) mass is 282 g/mol. The third-order valence-electron chi connectivity index (χ3n) is 3.38. The summed E-state index contributed by atoms with van der Waals surface area (Å²) < 4.78 is 6.20. The molecule has 0 bridgehead atoms. The lowest BCUT2D eigenvalue weighted by molar-refractivity contribution is 0.414. The number of H-pyrrole nitrogens is 1. The smallest absolute Gasteiger partial charge is 0.333 e. The molecule has 1 heterocycles. The number of hydrogen-bond donors (Lipinski definition) is 1. The van der Waals surface area contributed by atoms with Gasteiger partial charge in [-0.15, -0.1) is 0 Å². The Balaban J connectivity index is 2.31. The molecule has 1 N–H and O–H groups in total. The van der Waals surface area contributed by atoms with Crippen LogP contribution in [0, 0.1) is 6.92 Å². The first kappa shape index (κ1) is 13.2. The third-order valence-corrected chi connectivity index (χ3v) is 3.38. The summed E-state index contributed by atoms with van der Waals surface area (Å²) in [6.45, 7) is 1.90. The summed E-state index contributed by atoms with van der Waals surface area (Å²) in [5.74, 6) is 0.667. The quantitative estimate of drug-likeness (QED) is 0.782. The van der Waals surface area contributed by atoms with E-state index in [-0.39, 0.29) is 5.56 Å². The van der Waals surface area contributed by atoms with Crippen molar-refractivity contribution in [2.75, 3.05) is 7.11 Å². The number of fused-ring (bicyclic) bond motifs is 1. The minimum Gasteiger partial charge on any atom is -0.497 e. The van der Waals surface area contributed by atoms with Crippen molar-refractivity contribution in [3.05, 3.63) is 68.9 Å². The van der Waals surface area contributed by atoms with Crippen LogP contribution in [0.2, 0.25) is 0 Å². The minimum absolute atomic E-state index is 0.331. The zero-order valence-corrected chi connectivity index (χ0v) is 11.7. The fraction of sp³-hybridized carbons (Fsp3) is 0.125. The molecule has 1 aromatic heterocycles. The Bertz CT molecular complexity index is 921. The van der Waals surface area contributed by atoms with Crippen LogP contribution in [0.3, 0.4) is 0 Å². The first-order valence-corrected chi connectivity index (χ1v) is 6.50. The number of benzene rings is 2. The maximum Gasteiger partial charge on any atom is 0.333 e. The maximum atomic E-state index is 12.6. The second kappa shape index (κ2) is 4.94.